The molecule has 62 valence electrons. The lowest BCUT2D eigenvalue weighted by molar-refractivity contribution is 0.817. The predicted molar refractivity (Wildman–Crippen MR) is 51.1 cm³/mol. The molecule has 12 heavy (non-hydrogen) atoms. The summed E-state index contributed by atoms with van der Waals surface area (Å²) in [5.74, 6) is 0.440. The first-order chi connectivity index (χ1) is 5.92. The topological polar surface area (TPSA) is 26.0 Å². The van der Waals surface area contributed by atoms with Crippen LogP contribution < -0.4 is 5.73 Å². The van der Waals surface area contributed by atoms with Gasteiger partial charge in [0.15, 0.2) is 0 Å². The largest absolute Gasteiger partial charge is 0.330 e. The summed E-state index contributed by atoms with van der Waals surface area (Å²) in [5.41, 5.74) is 8.50. The third kappa shape index (κ3) is 1.16. The van der Waals surface area contributed by atoms with Crippen molar-refractivity contribution in [1.82, 2.24) is 0 Å². The summed E-state index contributed by atoms with van der Waals surface area (Å²) in [6.45, 7) is 0.716. The Bertz CT molecular complexity index is 302. The van der Waals surface area contributed by atoms with Gasteiger partial charge in [0.2, 0.25) is 0 Å². The molecule has 0 bridgehead atoms. The summed E-state index contributed by atoms with van der Waals surface area (Å²) in [7, 11) is 0. The van der Waals surface area contributed by atoms with Gasteiger partial charge in [0.25, 0.3) is 0 Å². The molecule has 0 fully saturated rings. The van der Waals surface area contributed by atoms with Crippen molar-refractivity contribution in [3.05, 3.63) is 47.5 Å². The van der Waals surface area contributed by atoms with Crippen LogP contribution in [0.1, 0.15) is 17.0 Å². The second-order valence-corrected chi connectivity index (χ2v) is 3.17. The molecule has 2 N–H and O–H groups in total. The summed E-state index contributed by atoms with van der Waals surface area (Å²) < 4.78 is 0. The van der Waals surface area contributed by atoms with Gasteiger partial charge in [-0.2, -0.15) is 0 Å². The first-order valence-corrected chi connectivity index (χ1v) is 4.36. The Kier molecular flexibility index (Phi) is 1.96. The fraction of sp³-hybridized carbons (Fsp3) is 0.273. The molecule has 0 amide bonds. The van der Waals surface area contributed by atoms with Gasteiger partial charge in [-0.05, 0) is 17.5 Å². The van der Waals surface area contributed by atoms with Crippen LogP contribution in [0, 0.1) is 0 Å². The minimum Gasteiger partial charge on any atom is -0.330 e. The lowest BCUT2D eigenvalue weighted by Crippen LogP contribution is -2.14. The number of allylic oxidation sites excluding steroid dienone is 1. The number of hydrogen-bond acceptors (Lipinski definition) is 1. The van der Waals surface area contributed by atoms with Crippen LogP contribution in [0.2, 0.25) is 0 Å². The molecule has 1 aliphatic carbocycles. The molecule has 0 saturated heterocycles. The van der Waals surface area contributed by atoms with Crippen molar-refractivity contribution in [2.24, 2.45) is 5.73 Å². The summed E-state index contributed by atoms with van der Waals surface area (Å²) in [6.07, 6.45) is 5.48. The third-order valence-electron chi connectivity index (χ3n) is 2.41. The fourth-order valence-corrected chi connectivity index (χ4v) is 1.75. The van der Waals surface area contributed by atoms with E-state index in [9.17, 15) is 0 Å². The average molecular weight is 159 g/mol. The molecule has 1 atom stereocenters. The summed E-state index contributed by atoms with van der Waals surface area (Å²) in [4.78, 5) is 0. The summed E-state index contributed by atoms with van der Waals surface area (Å²) in [5, 5.41) is 0. The number of hydrogen-bond donors (Lipinski definition) is 1. The summed E-state index contributed by atoms with van der Waals surface area (Å²) >= 11 is 0. The number of nitrogens with two attached hydrogens (primary N) is 1. The zero-order valence-electron chi connectivity index (χ0n) is 7.03. The predicted octanol–water partition coefficient (Wildman–Crippen LogP) is 1.84. The van der Waals surface area contributed by atoms with Gasteiger partial charge in [-0.1, -0.05) is 36.4 Å². The molecule has 0 radical (unpaired) electrons. The van der Waals surface area contributed by atoms with Crippen LogP contribution in [-0.4, -0.2) is 6.54 Å². The highest BCUT2D eigenvalue weighted by Crippen LogP contribution is 2.25. The van der Waals surface area contributed by atoms with E-state index in [2.05, 4.69) is 36.4 Å². The van der Waals surface area contributed by atoms with E-state index in [1.54, 1.807) is 0 Å². The van der Waals surface area contributed by atoms with Gasteiger partial charge in [0.05, 0.1) is 0 Å². The van der Waals surface area contributed by atoms with Crippen LogP contribution >= 0.6 is 0 Å². The average Bonchev–Trinajstić information content (AvgIpc) is 2.17. The van der Waals surface area contributed by atoms with Crippen LogP contribution in [0.4, 0.5) is 0 Å². The summed E-state index contributed by atoms with van der Waals surface area (Å²) in [6, 6.07) is 8.53. The minimum absolute atomic E-state index is 0.440. The molecule has 1 nitrogen and oxygen atoms in total. The second-order valence-electron chi connectivity index (χ2n) is 3.17. The van der Waals surface area contributed by atoms with Crippen LogP contribution in [0.3, 0.4) is 0 Å². The van der Waals surface area contributed by atoms with Crippen LogP contribution in [0.5, 0.6) is 0 Å². The molecule has 0 aliphatic heterocycles. The van der Waals surface area contributed by atoms with E-state index in [1.165, 1.54) is 11.1 Å². The Morgan fingerprint density at radius 2 is 2.17 bits per heavy atom. The van der Waals surface area contributed by atoms with Gasteiger partial charge in [0, 0.05) is 12.5 Å². The SMILES string of the molecule is NCC1C=CCc2ccccc21. The maximum absolute atomic E-state index is 5.67. The molecule has 1 unspecified atom stereocenters. The molecule has 2 rings (SSSR count). The molecule has 1 aliphatic rings. The Balaban J connectivity index is 2.43. The zero-order valence-corrected chi connectivity index (χ0v) is 7.03. The standard InChI is InChI=1S/C11H13N/c12-8-10-6-3-5-9-4-1-2-7-11(9)10/h1-4,6-7,10H,5,8,12H2. The molecule has 1 aromatic rings. The van der Waals surface area contributed by atoms with E-state index in [-0.39, 0.29) is 0 Å². The van der Waals surface area contributed by atoms with Gasteiger partial charge in [0.1, 0.15) is 0 Å². The molecule has 1 aromatic carbocycles. The van der Waals surface area contributed by atoms with Crippen LogP contribution in [0.25, 0.3) is 0 Å². The molecule has 0 saturated carbocycles. The van der Waals surface area contributed by atoms with Crippen molar-refractivity contribution in [3.63, 3.8) is 0 Å². The molecular formula is C11H13N. The first kappa shape index (κ1) is 7.56. The maximum Gasteiger partial charge on any atom is 0.0144 e. The van der Waals surface area contributed by atoms with Crippen molar-refractivity contribution in [3.8, 4) is 0 Å². The first-order valence-electron chi connectivity index (χ1n) is 4.36. The van der Waals surface area contributed by atoms with Gasteiger partial charge in [-0.3, -0.25) is 0 Å². The Hall–Kier alpha value is -1.08. The van der Waals surface area contributed by atoms with E-state index in [0.717, 1.165) is 6.42 Å². The highest BCUT2D eigenvalue weighted by atomic mass is 14.5. The molecule has 0 aromatic heterocycles. The smallest absolute Gasteiger partial charge is 0.0144 e. The van der Waals surface area contributed by atoms with Gasteiger partial charge < -0.3 is 5.73 Å². The van der Waals surface area contributed by atoms with Gasteiger partial charge in [-0.25, -0.2) is 0 Å². The highest BCUT2D eigenvalue weighted by molar-refractivity contribution is 5.37. The lowest BCUT2D eigenvalue weighted by atomic mass is 9.88. The van der Waals surface area contributed by atoms with Crippen molar-refractivity contribution in [1.29, 1.82) is 0 Å². The zero-order chi connectivity index (χ0) is 8.39. The fourth-order valence-electron chi connectivity index (χ4n) is 1.75. The number of fused-ring (bicyclic) bond motifs is 1. The lowest BCUT2D eigenvalue weighted by Gasteiger charge is -2.18. The van der Waals surface area contributed by atoms with E-state index in [0.29, 0.717) is 12.5 Å². The van der Waals surface area contributed by atoms with E-state index < -0.39 is 0 Å². The quantitative estimate of drug-likeness (QED) is 0.622. The van der Waals surface area contributed by atoms with Crippen molar-refractivity contribution >= 4 is 0 Å². The number of benzene rings is 1. The monoisotopic (exact) mass is 159 g/mol. The van der Waals surface area contributed by atoms with E-state index in [1.807, 2.05) is 0 Å². The van der Waals surface area contributed by atoms with E-state index in [4.69, 9.17) is 5.73 Å². The molecule has 1 heteroatoms. The van der Waals surface area contributed by atoms with Crippen molar-refractivity contribution < 1.29 is 0 Å². The maximum atomic E-state index is 5.67. The Morgan fingerprint density at radius 3 is 3.00 bits per heavy atom. The Morgan fingerprint density at radius 1 is 1.33 bits per heavy atom. The molecule has 0 heterocycles. The highest BCUT2D eigenvalue weighted by Gasteiger charge is 2.12. The third-order valence-corrected chi connectivity index (χ3v) is 2.41. The van der Waals surface area contributed by atoms with Gasteiger partial charge in [-0.15, -0.1) is 0 Å². The van der Waals surface area contributed by atoms with Gasteiger partial charge >= 0.3 is 0 Å². The van der Waals surface area contributed by atoms with E-state index >= 15 is 0 Å². The molecule has 0 spiro atoms. The van der Waals surface area contributed by atoms with Crippen molar-refractivity contribution in [2.75, 3.05) is 6.54 Å². The minimum atomic E-state index is 0.440. The normalized spacial score (nSPS) is 20.6. The second kappa shape index (κ2) is 3.11. The molecular weight excluding hydrogens is 146 g/mol. The number of rotatable bonds is 1. The van der Waals surface area contributed by atoms with Crippen LogP contribution in [-0.2, 0) is 6.42 Å². The Labute approximate surface area is 72.9 Å². The van der Waals surface area contributed by atoms with Crippen LogP contribution in [0.15, 0.2) is 36.4 Å². The van der Waals surface area contributed by atoms with Crippen molar-refractivity contribution in [2.45, 2.75) is 12.3 Å².